The molecule has 0 aliphatic carbocycles. The number of benzene rings is 2. The molecule has 148 valence electrons. The van der Waals surface area contributed by atoms with Gasteiger partial charge in [-0.3, -0.25) is 9.59 Å². The third-order valence-corrected chi connectivity index (χ3v) is 4.30. The first kappa shape index (κ1) is 19.3. The lowest BCUT2D eigenvalue weighted by Gasteiger charge is -2.17. The molecule has 0 bridgehead atoms. The van der Waals surface area contributed by atoms with Gasteiger partial charge >= 0.3 is 0 Å². The van der Waals surface area contributed by atoms with E-state index in [2.05, 4.69) is 10.6 Å². The van der Waals surface area contributed by atoms with E-state index in [4.69, 9.17) is 18.9 Å². The van der Waals surface area contributed by atoms with Crippen LogP contribution in [0.25, 0.3) is 0 Å². The maximum atomic E-state index is 12.6. The third-order valence-electron chi connectivity index (χ3n) is 4.30. The average Bonchev–Trinajstić information content (AvgIpc) is 3.18. The van der Waals surface area contributed by atoms with E-state index in [9.17, 15) is 9.59 Å². The van der Waals surface area contributed by atoms with E-state index >= 15 is 0 Å². The van der Waals surface area contributed by atoms with Crippen molar-refractivity contribution >= 4 is 11.8 Å². The van der Waals surface area contributed by atoms with Crippen LogP contribution in [0.5, 0.6) is 23.0 Å². The number of amides is 2. The zero-order valence-electron chi connectivity index (χ0n) is 15.9. The fourth-order valence-corrected chi connectivity index (χ4v) is 2.80. The maximum Gasteiger partial charge on any atom is 0.259 e. The van der Waals surface area contributed by atoms with Gasteiger partial charge in [-0.1, -0.05) is 12.1 Å². The van der Waals surface area contributed by atoms with Crippen LogP contribution in [-0.2, 0) is 11.3 Å². The Morgan fingerprint density at radius 2 is 1.75 bits per heavy atom. The first-order valence-corrected chi connectivity index (χ1v) is 8.71. The summed E-state index contributed by atoms with van der Waals surface area (Å²) in [6.07, 6.45) is 0. The number of hydrogen-bond acceptors (Lipinski definition) is 6. The molecule has 8 heteroatoms. The zero-order valence-corrected chi connectivity index (χ0v) is 15.9. The van der Waals surface area contributed by atoms with E-state index in [1.807, 2.05) is 12.1 Å². The maximum absolute atomic E-state index is 12.6. The molecule has 2 aromatic carbocycles. The van der Waals surface area contributed by atoms with Crippen molar-refractivity contribution in [2.45, 2.75) is 19.5 Å². The topological polar surface area (TPSA) is 95.1 Å². The molecule has 8 nitrogen and oxygen atoms in total. The van der Waals surface area contributed by atoms with Gasteiger partial charge in [-0.05, 0) is 36.8 Å². The minimum Gasteiger partial charge on any atom is -0.496 e. The molecule has 1 aliphatic rings. The summed E-state index contributed by atoms with van der Waals surface area (Å²) < 4.78 is 21.0. The van der Waals surface area contributed by atoms with Gasteiger partial charge in [0.1, 0.15) is 23.1 Å². The van der Waals surface area contributed by atoms with Crippen LogP contribution in [-0.4, -0.2) is 38.9 Å². The number of nitrogens with one attached hydrogen (secondary N) is 2. The normalized spacial score (nSPS) is 12.8. The van der Waals surface area contributed by atoms with Crippen LogP contribution in [0.1, 0.15) is 22.8 Å². The third kappa shape index (κ3) is 4.11. The summed E-state index contributed by atoms with van der Waals surface area (Å²) in [7, 11) is 2.93. The van der Waals surface area contributed by atoms with Crippen LogP contribution < -0.4 is 29.6 Å². The lowest BCUT2D eigenvalue weighted by molar-refractivity contribution is -0.122. The molecule has 1 atom stereocenters. The predicted octanol–water partition coefficient (Wildman–Crippen LogP) is 1.87. The summed E-state index contributed by atoms with van der Waals surface area (Å²) in [5.41, 5.74) is 1.10. The summed E-state index contributed by atoms with van der Waals surface area (Å²) in [6.45, 7) is 2.10. The molecule has 0 saturated carbocycles. The Kier molecular flexibility index (Phi) is 5.88. The summed E-state index contributed by atoms with van der Waals surface area (Å²) in [5, 5.41) is 5.46. The number of carbonyl (C=O) groups excluding carboxylic acids is 2. The van der Waals surface area contributed by atoms with E-state index < -0.39 is 11.9 Å². The van der Waals surface area contributed by atoms with Crippen molar-refractivity contribution in [2.75, 3.05) is 21.0 Å². The van der Waals surface area contributed by atoms with Crippen molar-refractivity contribution in [1.29, 1.82) is 0 Å². The van der Waals surface area contributed by atoms with E-state index in [-0.39, 0.29) is 18.3 Å². The monoisotopic (exact) mass is 386 g/mol. The van der Waals surface area contributed by atoms with Gasteiger partial charge in [-0.2, -0.15) is 0 Å². The number of ether oxygens (including phenoxy) is 4. The van der Waals surface area contributed by atoms with Crippen molar-refractivity contribution < 1.29 is 28.5 Å². The van der Waals surface area contributed by atoms with E-state index in [1.54, 1.807) is 31.2 Å². The Morgan fingerprint density at radius 3 is 2.43 bits per heavy atom. The van der Waals surface area contributed by atoms with E-state index in [0.717, 1.165) is 5.56 Å². The molecule has 1 heterocycles. The quantitative estimate of drug-likeness (QED) is 0.754. The van der Waals surface area contributed by atoms with Gasteiger partial charge in [-0.25, -0.2) is 0 Å². The van der Waals surface area contributed by atoms with Crippen molar-refractivity contribution in [3.63, 3.8) is 0 Å². The van der Waals surface area contributed by atoms with Crippen molar-refractivity contribution in [3.8, 4) is 23.0 Å². The molecule has 3 rings (SSSR count). The molecule has 0 fully saturated rings. The summed E-state index contributed by atoms with van der Waals surface area (Å²) in [5.74, 6) is 1.28. The van der Waals surface area contributed by atoms with Gasteiger partial charge in [0.05, 0.1) is 14.2 Å². The van der Waals surface area contributed by atoms with Crippen LogP contribution in [0.15, 0.2) is 36.4 Å². The Morgan fingerprint density at radius 1 is 1.07 bits per heavy atom. The second-order valence-electron chi connectivity index (χ2n) is 6.14. The number of fused-ring (bicyclic) bond motifs is 1. The Bertz CT molecular complexity index is 861. The molecule has 2 amide bonds. The molecule has 0 radical (unpaired) electrons. The Balaban J connectivity index is 1.60. The second-order valence-corrected chi connectivity index (χ2v) is 6.14. The Labute approximate surface area is 162 Å². The van der Waals surface area contributed by atoms with Gasteiger partial charge in [0, 0.05) is 6.54 Å². The SMILES string of the molecule is COc1cccc(OC)c1C(=O)N[C@H](C)C(=O)NCc1ccc2c(c1)OCO2. The zero-order chi connectivity index (χ0) is 20.1. The minimum atomic E-state index is -0.754. The van der Waals surface area contributed by atoms with Crippen LogP contribution in [0.4, 0.5) is 0 Å². The number of methoxy groups -OCH3 is 2. The van der Waals surface area contributed by atoms with E-state index in [1.165, 1.54) is 14.2 Å². The van der Waals surface area contributed by atoms with Crippen molar-refractivity contribution in [3.05, 3.63) is 47.5 Å². The largest absolute Gasteiger partial charge is 0.496 e. The van der Waals surface area contributed by atoms with E-state index in [0.29, 0.717) is 29.5 Å². The second kappa shape index (κ2) is 8.51. The number of hydrogen-bond donors (Lipinski definition) is 2. The molecular formula is C20H22N2O6. The lowest BCUT2D eigenvalue weighted by Crippen LogP contribution is -2.44. The highest BCUT2D eigenvalue weighted by molar-refractivity contribution is 6.01. The molecule has 28 heavy (non-hydrogen) atoms. The average molecular weight is 386 g/mol. The van der Waals surface area contributed by atoms with Crippen LogP contribution in [0, 0.1) is 0 Å². The van der Waals surface area contributed by atoms with Gasteiger partial charge in [-0.15, -0.1) is 0 Å². The summed E-state index contributed by atoms with van der Waals surface area (Å²) >= 11 is 0. The van der Waals surface area contributed by atoms with Crippen LogP contribution >= 0.6 is 0 Å². The molecule has 0 unspecified atom stereocenters. The van der Waals surface area contributed by atoms with Gasteiger partial charge in [0.15, 0.2) is 11.5 Å². The first-order chi connectivity index (χ1) is 13.5. The number of carbonyl (C=O) groups is 2. The Hall–Kier alpha value is -3.42. The smallest absolute Gasteiger partial charge is 0.259 e. The fourth-order valence-electron chi connectivity index (χ4n) is 2.80. The predicted molar refractivity (Wildman–Crippen MR) is 101 cm³/mol. The fraction of sp³-hybridized carbons (Fsp3) is 0.300. The molecule has 0 spiro atoms. The molecule has 1 aliphatic heterocycles. The molecule has 2 aromatic rings. The van der Waals surface area contributed by atoms with Gasteiger partial charge in [0.25, 0.3) is 5.91 Å². The molecule has 2 N–H and O–H groups in total. The van der Waals surface area contributed by atoms with Crippen molar-refractivity contribution in [2.24, 2.45) is 0 Å². The molecule has 0 saturated heterocycles. The lowest BCUT2D eigenvalue weighted by atomic mass is 10.1. The van der Waals surface area contributed by atoms with Crippen molar-refractivity contribution in [1.82, 2.24) is 10.6 Å². The van der Waals surface area contributed by atoms with Crippen LogP contribution in [0.3, 0.4) is 0 Å². The minimum absolute atomic E-state index is 0.195. The van der Waals surface area contributed by atoms with Crippen LogP contribution in [0.2, 0.25) is 0 Å². The van der Waals surface area contributed by atoms with Gasteiger partial charge in [0.2, 0.25) is 12.7 Å². The first-order valence-electron chi connectivity index (χ1n) is 8.71. The molecule has 0 aromatic heterocycles. The number of rotatable bonds is 7. The van der Waals surface area contributed by atoms with Gasteiger partial charge < -0.3 is 29.6 Å². The summed E-state index contributed by atoms with van der Waals surface area (Å²) in [4.78, 5) is 25.0. The standard InChI is InChI=1S/C20H22N2O6/c1-12(22-20(24)18-15(25-2)5-4-6-16(18)26-3)19(23)21-10-13-7-8-14-17(9-13)28-11-27-14/h4-9,12H,10-11H2,1-3H3,(H,21,23)(H,22,24)/t12-/m1/s1. The highest BCUT2D eigenvalue weighted by Gasteiger charge is 2.22. The molecular weight excluding hydrogens is 364 g/mol. The summed E-state index contributed by atoms with van der Waals surface area (Å²) in [6, 6.07) is 9.72. The highest BCUT2D eigenvalue weighted by atomic mass is 16.7. The highest BCUT2D eigenvalue weighted by Crippen LogP contribution is 2.32.